The van der Waals surface area contributed by atoms with E-state index in [0.29, 0.717) is 32.8 Å². The Morgan fingerprint density at radius 1 is 1.12 bits per heavy atom. The first-order valence-electron chi connectivity index (χ1n) is 7.78. The van der Waals surface area contributed by atoms with Crippen molar-refractivity contribution in [3.05, 3.63) is 58.9 Å². The normalized spacial score (nSPS) is 10.5. The molecule has 0 saturated carbocycles. The van der Waals surface area contributed by atoms with Crippen molar-refractivity contribution in [3.63, 3.8) is 0 Å². The van der Waals surface area contributed by atoms with Gasteiger partial charge in [0.1, 0.15) is 15.7 Å². The lowest BCUT2D eigenvalue weighted by Crippen LogP contribution is -2.11. The number of rotatable bonds is 5. The maximum absolute atomic E-state index is 13.3. The summed E-state index contributed by atoms with van der Waals surface area (Å²) in [5, 5.41) is 3.38. The van der Waals surface area contributed by atoms with Gasteiger partial charge in [0, 0.05) is 11.3 Å². The molecular weight excluding hydrogens is 355 g/mol. The summed E-state index contributed by atoms with van der Waals surface area (Å²) < 4.78 is 23.8. The second kappa shape index (κ2) is 7.53. The van der Waals surface area contributed by atoms with Crippen molar-refractivity contribution in [2.45, 2.75) is 6.92 Å². The molecule has 0 aliphatic heterocycles. The smallest absolute Gasteiger partial charge is 0.267 e. The zero-order chi connectivity index (χ0) is 18.7. The predicted molar refractivity (Wildman–Crippen MR) is 99.7 cm³/mol. The highest BCUT2D eigenvalue weighted by Gasteiger charge is 2.17. The molecule has 1 heterocycles. The molecule has 2 aromatic carbocycles. The minimum Gasteiger partial charge on any atom is -0.493 e. The van der Waals surface area contributed by atoms with E-state index in [0.717, 1.165) is 5.56 Å². The van der Waals surface area contributed by atoms with Crippen LogP contribution in [0.4, 0.5) is 10.1 Å². The van der Waals surface area contributed by atoms with Crippen LogP contribution in [0.25, 0.3) is 10.6 Å². The highest BCUT2D eigenvalue weighted by Crippen LogP contribution is 2.35. The first kappa shape index (κ1) is 17.9. The third kappa shape index (κ3) is 3.67. The minimum absolute atomic E-state index is 0.322. The fraction of sp³-hybridized carbons (Fsp3) is 0.158. The van der Waals surface area contributed by atoms with Gasteiger partial charge in [-0.3, -0.25) is 4.79 Å². The van der Waals surface area contributed by atoms with Crippen molar-refractivity contribution < 1.29 is 18.7 Å². The third-order valence-corrected chi connectivity index (χ3v) is 4.92. The summed E-state index contributed by atoms with van der Waals surface area (Å²) in [4.78, 5) is 17.5. The standard InChI is InChI=1S/C19H17FN2O3S/c1-11-17(18(23)22-14-6-4-5-13(20)10-14)26-19(21-11)12-7-8-15(24-2)16(9-12)25-3/h4-10H,1-3H3,(H,22,23). The number of aryl methyl sites for hydroxylation is 1. The minimum atomic E-state index is -0.408. The lowest BCUT2D eigenvalue weighted by Gasteiger charge is -2.08. The molecule has 0 bridgehead atoms. The summed E-state index contributed by atoms with van der Waals surface area (Å²) in [5.74, 6) is 0.476. The van der Waals surface area contributed by atoms with E-state index in [1.54, 1.807) is 39.3 Å². The lowest BCUT2D eigenvalue weighted by atomic mass is 10.2. The van der Waals surface area contributed by atoms with Crippen LogP contribution < -0.4 is 14.8 Å². The van der Waals surface area contributed by atoms with E-state index in [2.05, 4.69) is 10.3 Å². The Morgan fingerprint density at radius 3 is 2.58 bits per heavy atom. The number of ether oxygens (including phenoxy) is 2. The molecule has 0 saturated heterocycles. The summed E-state index contributed by atoms with van der Waals surface area (Å²) in [6.45, 7) is 1.77. The Bertz CT molecular complexity index is 956. The number of halogens is 1. The Kier molecular flexibility index (Phi) is 5.18. The van der Waals surface area contributed by atoms with Crippen molar-refractivity contribution in [1.29, 1.82) is 0 Å². The molecule has 1 aromatic heterocycles. The summed E-state index contributed by atoms with van der Waals surface area (Å²) in [5.41, 5.74) is 1.82. The fourth-order valence-corrected chi connectivity index (χ4v) is 3.41. The number of nitrogens with one attached hydrogen (secondary N) is 1. The van der Waals surface area contributed by atoms with E-state index in [1.165, 1.54) is 23.5 Å². The van der Waals surface area contributed by atoms with Gasteiger partial charge in [-0.15, -0.1) is 11.3 Å². The van der Waals surface area contributed by atoms with Gasteiger partial charge in [0.2, 0.25) is 0 Å². The van der Waals surface area contributed by atoms with E-state index >= 15 is 0 Å². The molecule has 7 heteroatoms. The van der Waals surface area contributed by atoms with Crippen molar-refractivity contribution in [1.82, 2.24) is 4.98 Å². The maximum Gasteiger partial charge on any atom is 0.267 e. The maximum atomic E-state index is 13.3. The zero-order valence-corrected chi connectivity index (χ0v) is 15.3. The first-order chi connectivity index (χ1) is 12.5. The second-order valence-electron chi connectivity index (χ2n) is 5.47. The number of thiazole rings is 1. The van der Waals surface area contributed by atoms with Gasteiger partial charge >= 0.3 is 0 Å². The number of hydrogen-bond acceptors (Lipinski definition) is 5. The number of anilines is 1. The van der Waals surface area contributed by atoms with Crippen LogP contribution in [-0.2, 0) is 0 Å². The number of amides is 1. The highest BCUT2D eigenvalue weighted by molar-refractivity contribution is 7.17. The number of hydrogen-bond donors (Lipinski definition) is 1. The van der Waals surface area contributed by atoms with Gasteiger partial charge in [-0.25, -0.2) is 9.37 Å². The third-order valence-electron chi connectivity index (χ3n) is 3.72. The molecule has 0 spiro atoms. The van der Waals surface area contributed by atoms with Gasteiger partial charge < -0.3 is 14.8 Å². The summed E-state index contributed by atoms with van der Waals surface area (Å²) in [7, 11) is 3.13. The van der Waals surface area contributed by atoms with Gasteiger partial charge in [0.15, 0.2) is 11.5 Å². The molecular formula is C19H17FN2O3S. The molecule has 5 nitrogen and oxygen atoms in total. The molecule has 0 aliphatic carbocycles. The number of nitrogens with zero attached hydrogens (tertiary/aromatic N) is 1. The van der Waals surface area contributed by atoms with Gasteiger partial charge in [-0.05, 0) is 43.3 Å². The lowest BCUT2D eigenvalue weighted by molar-refractivity contribution is 0.103. The predicted octanol–water partition coefficient (Wildman–Crippen LogP) is 4.53. The molecule has 3 rings (SSSR count). The van der Waals surface area contributed by atoms with E-state index in [9.17, 15) is 9.18 Å². The van der Waals surface area contributed by atoms with Crippen molar-refractivity contribution in [2.75, 3.05) is 19.5 Å². The van der Waals surface area contributed by atoms with Gasteiger partial charge in [-0.1, -0.05) is 6.07 Å². The van der Waals surface area contributed by atoms with Crippen LogP contribution in [0.2, 0.25) is 0 Å². The van der Waals surface area contributed by atoms with E-state index < -0.39 is 5.82 Å². The monoisotopic (exact) mass is 372 g/mol. The molecule has 0 unspecified atom stereocenters. The Balaban J connectivity index is 1.88. The molecule has 0 atom stereocenters. The molecule has 1 amide bonds. The number of methoxy groups -OCH3 is 2. The molecule has 1 N–H and O–H groups in total. The van der Waals surface area contributed by atoms with Crippen LogP contribution >= 0.6 is 11.3 Å². The number of aromatic nitrogens is 1. The van der Waals surface area contributed by atoms with Crippen molar-refractivity contribution >= 4 is 22.9 Å². The molecule has 0 aliphatic rings. The summed E-state index contributed by atoms with van der Waals surface area (Å²) in [6.07, 6.45) is 0. The van der Waals surface area contributed by atoms with Crippen LogP contribution in [-0.4, -0.2) is 25.1 Å². The molecule has 134 valence electrons. The van der Waals surface area contributed by atoms with E-state index in [-0.39, 0.29) is 5.91 Å². The van der Waals surface area contributed by atoms with Crippen molar-refractivity contribution in [2.24, 2.45) is 0 Å². The van der Waals surface area contributed by atoms with Crippen molar-refractivity contribution in [3.8, 4) is 22.1 Å². The Labute approximate surface area is 154 Å². The molecule has 3 aromatic rings. The Hall–Kier alpha value is -2.93. The number of carbonyl (C=O) groups is 1. The van der Waals surface area contributed by atoms with Gasteiger partial charge in [0.25, 0.3) is 5.91 Å². The van der Waals surface area contributed by atoms with Crippen LogP contribution in [0.5, 0.6) is 11.5 Å². The van der Waals surface area contributed by atoms with Gasteiger partial charge in [0.05, 0.1) is 19.9 Å². The fourth-order valence-electron chi connectivity index (χ4n) is 2.45. The molecule has 26 heavy (non-hydrogen) atoms. The van der Waals surface area contributed by atoms with Crippen LogP contribution in [0.15, 0.2) is 42.5 Å². The quantitative estimate of drug-likeness (QED) is 0.715. The van der Waals surface area contributed by atoms with Crippen LogP contribution in [0.1, 0.15) is 15.4 Å². The van der Waals surface area contributed by atoms with Crippen LogP contribution in [0.3, 0.4) is 0 Å². The second-order valence-corrected chi connectivity index (χ2v) is 6.47. The SMILES string of the molecule is COc1ccc(-c2nc(C)c(C(=O)Nc3cccc(F)c3)s2)cc1OC. The molecule has 0 radical (unpaired) electrons. The van der Waals surface area contributed by atoms with Gasteiger partial charge in [-0.2, -0.15) is 0 Å². The number of benzene rings is 2. The topological polar surface area (TPSA) is 60.5 Å². The first-order valence-corrected chi connectivity index (χ1v) is 8.60. The Morgan fingerprint density at radius 2 is 1.88 bits per heavy atom. The van der Waals surface area contributed by atoms with Crippen LogP contribution in [0, 0.1) is 12.7 Å². The van der Waals surface area contributed by atoms with E-state index in [4.69, 9.17) is 9.47 Å². The average molecular weight is 372 g/mol. The average Bonchev–Trinajstić information content (AvgIpc) is 3.03. The van der Waals surface area contributed by atoms with E-state index in [1.807, 2.05) is 12.1 Å². The zero-order valence-electron chi connectivity index (χ0n) is 14.5. The summed E-state index contributed by atoms with van der Waals surface area (Å²) >= 11 is 1.26. The number of carbonyl (C=O) groups excluding carboxylic acids is 1. The molecule has 0 fully saturated rings. The highest BCUT2D eigenvalue weighted by atomic mass is 32.1. The summed E-state index contributed by atoms with van der Waals surface area (Å²) in [6, 6.07) is 11.2. The largest absolute Gasteiger partial charge is 0.493 e.